The highest BCUT2D eigenvalue weighted by Crippen LogP contribution is 2.33. The van der Waals surface area contributed by atoms with Gasteiger partial charge in [-0.2, -0.15) is 5.10 Å². The number of hydrogen-bond acceptors (Lipinski definition) is 5. The van der Waals surface area contributed by atoms with Crippen LogP contribution in [0, 0.1) is 5.92 Å². The minimum atomic E-state index is -0.354. The van der Waals surface area contributed by atoms with Crippen LogP contribution in [-0.2, 0) is 21.4 Å². The minimum Gasteiger partial charge on any atom is -0.368 e. The number of aryl methyl sites for hydroxylation is 1. The van der Waals surface area contributed by atoms with Gasteiger partial charge in [0.25, 0.3) is 0 Å². The molecule has 4 rings (SSSR count). The molecule has 0 radical (unpaired) electrons. The lowest BCUT2D eigenvalue weighted by Gasteiger charge is -2.41. The predicted octanol–water partition coefficient (Wildman–Crippen LogP) is 0.595. The molecule has 1 aromatic heterocycles. The fourth-order valence-corrected chi connectivity index (χ4v) is 3.75. The Morgan fingerprint density at radius 1 is 1.29 bits per heavy atom. The number of morpholine rings is 1. The molecule has 0 bridgehead atoms. The number of piperidine rings is 1. The second kappa shape index (κ2) is 6.29. The smallest absolute Gasteiger partial charge is 0.244 e. The molecule has 3 heterocycles. The largest absolute Gasteiger partial charge is 0.368 e. The molecule has 3 fully saturated rings. The Bertz CT molecular complexity index is 640. The van der Waals surface area contributed by atoms with Crippen molar-refractivity contribution in [2.75, 3.05) is 31.1 Å². The van der Waals surface area contributed by atoms with E-state index in [1.54, 1.807) is 10.9 Å². The Morgan fingerprint density at radius 3 is 2.83 bits per heavy atom. The summed E-state index contributed by atoms with van der Waals surface area (Å²) in [4.78, 5) is 29.3. The van der Waals surface area contributed by atoms with E-state index in [1.165, 1.54) is 0 Å². The Hall–Kier alpha value is -1.73. The average molecular weight is 332 g/mol. The van der Waals surface area contributed by atoms with Gasteiger partial charge < -0.3 is 9.64 Å². The number of nitrogens with zero attached hydrogens (tertiary/aromatic N) is 4. The van der Waals surface area contributed by atoms with Crippen LogP contribution >= 0.6 is 0 Å². The zero-order chi connectivity index (χ0) is 16.7. The van der Waals surface area contributed by atoms with Crippen LogP contribution in [0.4, 0.5) is 5.69 Å². The molecule has 2 unspecified atom stereocenters. The van der Waals surface area contributed by atoms with Crippen molar-refractivity contribution in [3.05, 3.63) is 12.4 Å². The maximum atomic E-state index is 13.0. The van der Waals surface area contributed by atoms with Gasteiger partial charge in [-0.3, -0.25) is 19.2 Å². The van der Waals surface area contributed by atoms with Crippen LogP contribution in [0.2, 0.25) is 0 Å². The lowest BCUT2D eigenvalue weighted by atomic mass is 10.0. The van der Waals surface area contributed by atoms with Gasteiger partial charge in [0.2, 0.25) is 5.91 Å². The van der Waals surface area contributed by atoms with Gasteiger partial charge in [-0.25, -0.2) is 0 Å². The van der Waals surface area contributed by atoms with Crippen LogP contribution in [0.3, 0.4) is 0 Å². The molecule has 1 amide bonds. The molecule has 2 aliphatic heterocycles. The van der Waals surface area contributed by atoms with E-state index in [2.05, 4.69) is 10.00 Å². The normalized spacial score (nSPS) is 29.0. The molecule has 1 saturated carbocycles. The van der Waals surface area contributed by atoms with Crippen LogP contribution in [0.1, 0.15) is 25.7 Å². The highest BCUT2D eigenvalue weighted by Gasteiger charge is 2.41. The van der Waals surface area contributed by atoms with Crippen molar-refractivity contribution in [2.45, 2.75) is 37.8 Å². The maximum Gasteiger partial charge on any atom is 0.244 e. The predicted molar refractivity (Wildman–Crippen MR) is 87.6 cm³/mol. The second-order valence-electron chi connectivity index (χ2n) is 7.05. The number of amides is 1. The number of rotatable bonds is 4. The van der Waals surface area contributed by atoms with E-state index in [0.29, 0.717) is 19.7 Å². The Morgan fingerprint density at radius 2 is 2.12 bits per heavy atom. The van der Waals surface area contributed by atoms with Gasteiger partial charge in [-0.1, -0.05) is 0 Å². The number of anilines is 1. The first kappa shape index (κ1) is 15.8. The molecule has 24 heavy (non-hydrogen) atoms. The lowest BCUT2D eigenvalue weighted by molar-refractivity contribution is -0.142. The van der Waals surface area contributed by atoms with Gasteiger partial charge in [0.05, 0.1) is 24.5 Å². The lowest BCUT2D eigenvalue weighted by Crippen LogP contribution is -2.58. The maximum absolute atomic E-state index is 13.0. The fourth-order valence-electron chi connectivity index (χ4n) is 3.75. The van der Waals surface area contributed by atoms with Crippen molar-refractivity contribution >= 4 is 17.4 Å². The molecule has 3 aliphatic rings. The van der Waals surface area contributed by atoms with E-state index < -0.39 is 0 Å². The monoisotopic (exact) mass is 332 g/mol. The van der Waals surface area contributed by atoms with Crippen molar-refractivity contribution in [3.8, 4) is 0 Å². The molecular weight excluding hydrogens is 308 g/mol. The number of carbonyl (C=O) groups excluding carboxylic acids is 2. The highest BCUT2D eigenvalue weighted by molar-refractivity contribution is 5.97. The summed E-state index contributed by atoms with van der Waals surface area (Å²) >= 11 is 0. The first-order valence-electron chi connectivity index (χ1n) is 8.83. The van der Waals surface area contributed by atoms with E-state index >= 15 is 0 Å². The van der Waals surface area contributed by atoms with E-state index in [9.17, 15) is 9.59 Å². The van der Waals surface area contributed by atoms with Gasteiger partial charge in [0.15, 0.2) is 5.78 Å². The zero-order valence-corrected chi connectivity index (χ0v) is 14.1. The number of carbonyl (C=O) groups is 2. The highest BCUT2D eigenvalue weighted by atomic mass is 16.5. The Balaban J connectivity index is 1.46. The molecule has 7 heteroatoms. The number of ether oxygens (including phenoxy) is 1. The first-order chi connectivity index (χ1) is 11.6. The summed E-state index contributed by atoms with van der Waals surface area (Å²) in [7, 11) is 1.85. The van der Waals surface area contributed by atoms with Crippen LogP contribution in [-0.4, -0.2) is 64.8 Å². The van der Waals surface area contributed by atoms with Crippen molar-refractivity contribution < 1.29 is 14.3 Å². The third-order valence-electron chi connectivity index (χ3n) is 5.25. The molecule has 2 atom stereocenters. The SMILES string of the molecule is Cn1cc(N2CCCC(N3CCOC(C(=O)C4CC4)C3)C2=O)cn1. The van der Waals surface area contributed by atoms with Crippen molar-refractivity contribution in [3.63, 3.8) is 0 Å². The first-order valence-corrected chi connectivity index (χ1v) is 8.83. The topological polar surface area (TPSA) is 67.7 Å². The summed E-state index contributed by atoms with van der Waals surface area (Å²) in [5.74, 6) is 0.546. The third-order valence-corrected chi connectivity index (χ3v) is 5.25. The average Bonchev–Trinajstić information content (AvgIpc) is 3.36. The summed E-state index contributed by atoms with van der Waals surface area (Å²) in [5, 5.41) is 4.17. The Labute approximate surface area is 141 Å². The third kappa shape index (κ3) is 2.98. The van der Waals surface area contributed by atoms with Gasteiger partial charge in [-0.15, -0.1) is 0 Å². The van der Waals surface area contributed by atoms with Crippen LogP contribution in [0.5, 0.6) is 0 Å². The van der Waals surface area contributed by atoms with Crippen LogP contribution in [0.15, 0.2) is 12.4 Å². The standard InChI is InChI=1S/C17H24N4O3/c1-19-10-13(9-18-19)21-6-2-3-14(17(21)23)20-7-8-24-15(11-20)16(22)12-4-5-12/h9-10,12,14-15H,2-8,11H2,1H3. The molecular formula is C17H24N4O3. The molecule has 1 aromatic rings. The summed E-state index contributed by atoms with van der Waals surface area (Å²) < 4.78 is 7.40. The van der Waals surface area contributed by atoms with Gasteiger partial charge in [-0.05, 0) is 25.7 Å². The molecule has 0 aromatic carbocycles. The van der Waals surface area contributed by atoms with E-state index in [1.807, 2.05) is 18.1 Å². The molecule has 0 spiro atoms. The minimum absolute atomic E-state index is 0.119. The van der Waals surface area contributed by atoms with Crippen LogP contribution < -0.4 is 4.90 Å². The summed E-state index contributed by atoms with van der Waals surface area (Å²) in [5.41, 5.74) is 0.853. The van der Waals surface area contributed by atoms with E-state index in [-0.39, 0.29) is 29.8 Å². The number of Topliss-reactive ketones (excluding diaryl/α,β-unsaturated/α-hetero) is 1. The van der Waals surface area contributed by atoms with E-state index in [0.717, 1.165) is 37.9 Å². The number of aromatic nitrogens is 2. The molecule has 2 saturated heterocycles. The van der Waals surface area contributed by atoms with Crippen molar-refractivity contribution in [1.29, 1.82) is 0 Å². The van der Waals surface area contributed by atoms with Gasteiger partial charge in [0, 0.05) is 38.8 Å². The van der Waals surface area contributed by atoms with Gasteiger partial charge >= 0.3 is 0 Å². The summed E-state index contributed by atoms with van der Waals surface area (Å²) in [6, 6.07) is -0.155. The fraction of sp³-hybridized carbons (Fsp3) is 0.706. The van der Waals surface area contributed by atoms with Crippen LogP contribution in [0.25, 0.3) is 0 Å². The number of hydrogen-bond donors (Lipinski definition) is 0. The Kier molecular flexibility index (Phi) is 4.14. The zero-order valence-electron chi connectivity index (χ0n) is 14.1. The molecule has 1 aliphatic carbocycles. The quantitative estimate of drug-likeness (QED) is 0.807. The summed E-state index contributed by atoms with van der Waals surface area (Å²) in [6.07, 6.45) is 7.06. The summed E-state index contributed by atoms with van der Waals surface area (Å²) in [6.45, 7) is 2.52. The van der Waals surface area contributed by atoms with Crippen molar-refractivity contribution in [2.24, 2.45) is 13.0 Å². The number of ketones is 1. The molecule has 130 valence electrons. The van der Waals surface area contributed by atoms with Crippen molar-refractivity contribution in [1.82, 2.24) is 14.7 Å². The second-order valence-corrected chi connectivity index (χ2v) is 7.05. The molecule has 0 N–H and O–H groups in total. The van der Waals surface area contributed by atoms with E-state index in [4.69, 9.17) is 4.74 Å². The van der Waals surface area contributed by atoms with Gasteiger partial charge in [0.1, 0.15) is 6.10 Å². The molecule has 7 nitrogen and oxygen atoms in total.